The van der Waals surface area contributed by atoms with Gasteiger partial charge in [0.15, 0.2) is 0 Å². The van der Waals surface area contributed by atoms with Gasteiger partial charge in [0.1, 0.15) is 0 Å². The number of halogens is 6. The lowest BCUT2D eigenvalue weighted by Gasteiger charge is -2.19. The molecule has 2 aromatic rings. The van der Waals surface area contributed by atoms with E-state index in [9.17, 15) is 31.1 Å². The topological polar surface area (TPSA) is 37.3 Å². The van der Waals surface area contributed by atoms with E-state index in [1.807, 2.05) is 0 Å². The van der Waals surface area contributed by atoms with Crippen LogP contribution in [0.5, 0.6) is 0 Å². The van der Waals surface area contributed by atoms with E-state index in [1.165, 1.54) is 12.1 Å². The zero-order valence-corrected chi connectivity index (χ0v) is 10.0. The normalized spacial score (nSPS) is 12.7. The average Bonchev–Trinajstić information content (AvgIpc) is 2.34. The van der Waals surface area contributed by atoms with Crippen molar-refractivity contribution >= 4 is 16.7 Å². The fraction of sp³-hybridized carbons (Fsp3) is 0.154. The third kappa shape index (κ3) is 2.65. The number of carbonyl (C=O) groups is 1. The summed E-state index contributed by atoms with van der Waals surface area (Å²) in [7, 11) is 0. The Hall–Kier alpha value is -2.25. The van der Waals surface area contributed by atoms with Crippen LogP contribution in [0.1, 0.15) is 21.5 Å². The second-order valence-corrected chi connectivity index (χ2v) is 4.20. The molecule has 2 nitrogen and oxygen atoms in total. The van der Waals surface area contributed by atoms with Gasteiger partial charge in [-0.05, 0) is 16.8 Å². The minimum absolute atomic E-state index is 0.227. The van der Waals surface area contributed by atoms with Gasteiger partial charge in [-0.2, -0.15) is 26.3 Å². The van der Waals surface area contributed by atoms with E-state index in [1.54, 1.807) is 0 Å². The van der Waals surface area contributed by atoms with Gasteiger partial charge in [0.05, 0.1) is 16.7 Å². The Bertz CT molecular complexity index is 715. The number of hydrogen-bond donors (Lipinski definition) is 1. The quantitative estimate of drug-likeness (QED) is 0.783. The minimum atomic E-state index is -5.44. The Morgan fingerprint density at radius 3 is 2.00 bits per heavy atom. The smallest absolute Gasteiger partial charge is 0.417 e. The van der Waals surface area contributed by atoms with Crippen LogP contribution in [0.3, 0.4) is 0 Å². The molecule has 0 spiro atoms. The molecule has 21 heavy (non-hydrogen) atoms. The summed E-state index contributed by atoms with van der Waals surface area (Å²) in [4.78, 5) is 11.1. The van der Waals surface area contributed by atoms with E-state index < -0.39 is 40.4 Å². The Morgan fingerprint density at radius 1 is 0.952 bits per heavy atom. The minimum Gasteiger partial charge on any atom is -0.478 e. The van der Waals surface area contributed by atoms with Crippen molar-refractivity contribution in [2.45, 2.75) is 12.4 Å². The molecule has 0 saturated heterocycles. The maximum absolute atomic E-state index is 13.0. The summed E-state index contributed by atoms with van der Waals surface area (Å²) in [5.74, 6) is -2.07. The number of hydrogen-bond acceptors (Lipinski definition) is 1. The van der Waals surface area contributed by atoms with Crippen molar-refractivity contribution < 1.29 is 36.2 Å². The highest BCUT2D eigenvalue weighted by Gasteiger charge is 2.46. The van der Waals surface area contributed by atoms with Crippen LogP contribution < -0.4 is 0 Å². The van der Waals surface area contributed by atoms with Gasteiger partial charge in [0, 0.05) is 0 Å². The first kappa shape index (κ1) is 15.1. The lowest BCUT2D eigenvalue weighted by molar-refractivity contribution is -0.162. The van der Waals surface area contributed by atoms with Crippen LogP contribution in [-0.2, 0) is 12.4 Å². The number of carboxylic acids is 1. The molecule has 0 aliphatic rings. The lowest BCUT2D eigenvalue weighted by Crippen LogP contribution is -2.21. The maximum atomic E-state index is 13.0. The number of rotatable bonds is 1. The highest BCUT2D eigenvalue weighted by molar-refractivity contribution is 6.05. The molecule has 0 atom stereocenters. The van der Waals surface area contributed by atoms with Crippen LogP contribution in [0.2, 0.25) is 0 Å². The van der Waals surface area contributed by atoms with Crippen LogP contribution in [0.4, 0.5) is 26.3 Å². The van der Waals surface area contributed by atoms with Crippen LogP contribution in [0, 0.1) is 0 Å². The molecule has 0 heterocycles. The molecule has 1 N–H and O–H groups in total. The van der Waals surface area contributed by atoms with Gasteiger partial charge in [0.2, 0.25) is 0 Å². The monoisotopic (exact) mass is 308 g/mol. The summed E-state index contributed by atoms with van der Waals surface area (Å²) in [5, 5.41) is 8.33. The van der Waals surface area contributed by atoms with E-state index in [4.69, 9.17) is 5.11 Å². The molecule has 0 amide bonds. The van der Waals surface area contributed by atoms with Crippen LogP contribution >= 0.6 is 0 Å². The summed E-state index contributed by atoms with van der Waals surface area (Å²) < 4.78 is 77.5. The maximum Gasteiger partial charge on any atom is 0.417 e. The fourth-order valence-corrected chi connectivity index (χ4v) is 2.09. The molecule has 0 fully saturated rings. The molecular formula is C13H6F6O2. The number of aromatic carboxylic acids is 1. The summed E-state index contributed by atoms with van der Waals surface area (Å²) in [6.07, 6.45) is -10.8. The number of alkyl halides is 6. The number of carboxylic acid groups (broad SMARTS) is 1. The van der Waals surface area contributed by atoms with Gasteiger partial charge in [0.25, 0.3) is 0 Å². The Kier molecular flexibility index (Phi) is 3.35. The molecule has 2 aromatic carbocycles. The summed E-state index contributed by atoms with van der Waals surface area (Å²) >= 11 is 0. The third-order valence-corrected chi connectivity index (χ3v) is 2.85. The summed E-state index contributed by atoms with van der Waals surface area (Å²) in [6.45, 7) is 0. The predicted molar refractivity (Wildman–Crippen MR) is 60.9 cm³/mol. The van der Waals surface area contributed by atoms with Crippen molar-refractivity contribution in [2.75, 3.05) is 0 Å². The first-order chi connectivity index (χ1) is 9.53. The van der Waals surface area contributed by atoms with E-state index in [2.05, 4.69) is 0 Å². The first-order valence-electron chi connectivity index (χ1n) is 5.47. The molecule has 112 valence electrons. The zero-order valence-electron chi connectivity index (χ0n) is 10.0. The molecule has 0 aromatic heterocycles. The Morgan fingerprint density at radius 2 is 1.52 bits per heavy atom. The van der Waals surface area contributed by atoms with Crippen molar-refractivity contribution in [1.29, 1.82) is 0 Å². The fourth-order valence-electron chi connectivity index (χ4n) is 2.09. The number of benzene rings is 2. The molecule has 0 unspecified atom stereocenters. The highest BCUT2D eigenvalue weighted by atomic mass is 19.4. The van der Waals surface area contributed by atoms with Crippen LogP contribution in [0.25, 0.3) is 10.8 Å². The van der Waals surface area contributed by atoms with Crippen molar-refractivity contribution in [3.05, 3.63) is 47.0 Å². The second-order valence-electron chi connectivity index (χ2n) is 4.20. The average molecular weight is 308 g/mol. The zero-order chi connectivity index (χ0) is 16.0. The molecule has 0 aliphatic heterocycles. The molecule has 2 rings (SSSR count). The highest BCUT2D eigenvalue weighted by Crippen LogP contribution is 2.44. The number of fused-ring (bicyclic) bond motifs is 1. The molecule has 0 radical (unpaired) electrons. The molecular weight excluding hydrogens is 302 g/mol. The van der Waals surface area contributed by atoms with Gasteiger partial charge in [-0.3, -0.25) is 0 Å². The van der Waals surface area contributed by atoms with Gasteiger partial charge < -0.3 is 5.11 Å². The molecule has 8 heteroatoms. The van der Waals surface area contributed by atoms with E-state index in [0.717, 1.165) is 12.1 Å². The van der Waals surface area contributed by atoms with Crippen LogP contribution in [0.15, 0.2) is 30.3 Å². The van der Waals surface area contributed by atoms with Gasteiger partial charge in [-0.15, -0.1) is 0 Å². The molecule has 0 saturated carbocycles. The van der Waals surface area contributed by atoms with Crippen molar-refractivity contribution in [1.82, 2.24) is 0 Å². The van der Waals surface area contributed by atoms with Gasteiger partial charge in [-0.25, -0.2) is 4.79 Å². The van der Waals surface area contributed by atoms with Crippen molar-refractivity contribution in [3.63, 3.8) is 0 Å². The second kappa shape index (κ2) is 4.64. The van der Waals surface area contributed by atoms with Crippen molar-refractivity contribution in [3.8, 4) is 0 Å². The predicted octanol–water partition coefficient (Wildman–Crippen LogP) is 4.58. The largest absolute Gasteiger partial charge is 0.478 e. The lowest BCUT2D eigenvalue weighted by atomic mass is 9.93. The van der Waals surface area contributed by atoms with Crippen LogP contribution in [-0.4, -0.2) is 11.1 Å². The van der Waals surface area contributed by atoms with Gasteiger partial charge >= 0.3 is 18.3 Å². The van der Waals surface area contributed by atoms with E-state index in [-0.39, 0.29) is 5.39 Å². The molecule has 0 bridgehead atoms. The standard InChI is InChI=1S/C13H6F6O2/c14-12(15,16)8-5-6-3-1-2-4-7(6)9(11(20)21)10(8)13(17,18)19/h1-5H,(H,20,21). The van der Waals surface area contributed by atoms with E-state index in [0.29, 0.717) is 6.07 Å². The molecule has 0 aliphatic carbocycles. The summed E-state index contributed by atoms with van der Waals surface area (Å²) in [6, 6.07) is 5.03. The van der Waals surface area contributed by atoms with E-state index >= 15 is 0 Å². The first-order valence-corrected chi connectivity index (χ1v) is 5.47. The Balaban J connectivity index is 3.06. The van der Waals surface area contributed by atoms with Crippen molar-refractivity contribution in [2.24, 2.45) is 0 Å². The SMILES string of the molecule is O=C(O)c1c(C(F)(F)F)c(C(F)(F)F)cc2ccccc12. The third-order valence-electron chi connectivity index (χ3n) is 2.85. The Labute approximate surface area is 113 Å². The summed E-state index contributed by atoms with van der Waals surface area (Å²) in [5.41, 5.74) is -5.58. The van der Waals surface area contributed by atoms with Gasteiger partial charge in [-0.1, -0.05) is 24.3 Å².